The van der Waals surface area contributed by atoms with Crippen molar-refractivity contribution in [2.45, 2.75) is 50.6 Å². The molecule has 0 saturated heterocycles. The van der Waals surface area contributed by atoms with E-state index < -0.39 is 11.7 Å². The summed E-state index contributed by atoms with van der Waals surface area (Å²) in [4.78, 5) is 27.1. The number of nitrogens with two attached hydrogens (primary N) is 1. The van der Waals surface area contributed by atoms with Crippen LogP contribution in [0.25, 0.3) is 0 Å². The summed E-state index contributed by atoms with van der Waals surface area (Å²) in [5.74, 6) is -0.997. The minimum Gasteiger partial charge on any atom is -0.365 e. The molecule has 1 fully saturated rings. The van der Waals surface area contributed by atoms with Crippen LogP contribution >= 0.6 is 0 Å². The molecule has 0 bridgehead atoms. The van der Waals surface area contributed by atoms with Crippen LogP contribution in [0, 0.1) is 5.82 Å². The Bertz CT molecular complexity index is 964. The minimum absolute atomic E-state index is 0.0320. The molecule has 30 heavy (non-hydrogen) atoms. The van der Waals surface area contributed by atoms with E-state index in [-0.39, 0.29) is 29.3 Å². The second-order valence-electron chi connectivity index (χ2n) is 7.87. The summed E-state index contributed by atoms with van der Waals surface area (Å²) in [7, 11) is 1.85. The molecule has 2 N–H and O–H groups in total. The zero-order valence-electron chi connectivity index (χ0n) is 17.0. The van der Waals surface area contributed by atoms with Crippen molar-refractivity contribution in [2.75, 3.05) is 18.5 Å². The van der Waals surface area contributed by atoms with Crippen molar-refractivity contribution in [3.8, 4) is 0 Å². The predicted molar refractivity (Wildman–Crippen MR) is 114 cm³/mol. The number of rotatable bonds is 5. The van der Waals surface area contributed by atoms with Gasteiger partial charge in [-0.05, 0) is 25.0 Å². The first-order valence-electron chi connectivity index (χ1n) is 10.3. The van der Waals surface area contributed by atoms with Gasteiger partial charge in [0.15, 0.2) is 17.5 Å². The van der Waals surface area contributed by atoms with Gasteiger partial charge in [-0.2, -0.15) is 5.10 Å². The Kier molecular flexibility index (Phi) is 5.87. The lowest BCUT2D eigenvalue weighted by molar-refractivity contribution is 0.100. The Hall–Kier alpha value is -3.10. The van der Waals surface area contributed by atoms with E-state index in [1.54, 1.807) is 12.4 Å². The van der Waals surface area contributed by atoms with Crippen LogP contribution in [0.5, 0.6) is 0 Å². The Labute approximate surface area is 174 Å². The molecule has 1 amide bonds. The van der Waals surface area contributed by atoms with Crippen molar-refractivity contribution in [3.63, 3.8) is 0 Å². The first-order valence-corrected chi connectivity index (χ1v) is 10.3. The highest BCUT2D eigenvalue weighted by Crippen LogP contribution is 2.30. The van der Waals surface area contributed by atoms with Crippen LogP contribution in [0.2, 0.25) is 0 Å². The quantitative estimate of drug-likeness (QED) is 0.817. The Balaban J connectivity index is 1.67. The highest BCUT2D eigenvalue weighted by Gasteiger charge is 2.25. The van der Waals surface area contributed by atoms with Gasteiger partial charge in [0.25, 0.3) is 5.91 Å². The molecular formula is C21H26FN7O. The van der Waals surface area contributed by atoms with Gasteiger partial charge in [0.1, 0.15) is 0 Å². The fourth-order valence-electron chi connectivity index (χ4n) is 4.15. The standard InChI is InChI=1S/C21H26FN7O/c1-28(15-6-3-2-4-7-15)21-18(22)11-17(19(23)30)20(27-21)26-14-10-16(13-24-12-14)29-9-5-8-25-29/h5,8-9,11-12,15-16H,2-4,6-7,10,13H2,1H3,(H2,23,30). The highest BCUT2D eigenvalue weighted by molar-refractivity contribution is 6.32. The molecule has 0 spiro atoms. The van der Waals surface area contributed by atoms with Crippen LogP contribution in [0.1, 0.15) is 54.9 Å². The van der Waals surface area contributed by atoms with Gasteiger partial charge in [-0.15, -0.1) is 0 Å². The summed E-state index contributed by atoms with van der Waals surface area (Å²) in [5.41, 5.74) is 6.10. The number of hydrogen-bond acceptors (Lipinski definition) is 6. The molecule has 4 rings (SSSR count). The third kappa shape index (κ3) is 4.24. The molecule has 2 aliphatic rings. The van der Waals surface area contributed by atoms with Gasteiger partial charge < -0.3 is 10.6 Å². The highest BCUT2D eigenvalue weighted by atomic mass is 19.1. The zero-order chi connectivity index (χ0) is 21.1. The maximum absolute atomic E-state index is 14.8. The van der Waals surface area contributed by atoms with Gasteiger partial charge in [0.05, 0.1) is 23.9 Å². The summed E-state index contributed by atoms with van der Waals surface area (Å²) in [6.07, 6.45) is 11.3. The number of aliphatic imine (C=N–C) groups is 2. The molecular weight excluding hydrogens is 385 g/mol. The van der Waals surface area contributed by atoms with Gasteiger partial charge in [0.2, 0.25) is 0 Å². The third-order valence-electron chi connectivity index (χ3n) is 5.81. The first-order chi connectivity index (χ1) is 14.5. The number of primary amides is 1. The predicted octanol–water partition coefficient (Wildman–Crippen LogP) is 3.07. The van der Waals surface area contributed by atoms with Gasteiger partial charge in [-0.3, -0.25) is 14.5 Å². The van der Waals surface area contributed by atoms with E-state index in [9.17, 15) is 9.18 Å². The molecule has 1 aliphatic carbocycles. The van der Waals surface area contributed by atoms with Crippen LogP contribution in [0.3, 0.4) is 0 Å². The second-order valence-corrected chi connectivity index (χ2v) is 7.87. The fraction of sp³-hybridized carbons (Fsp3) is 0.476. The Morgan fingerprint density at radius 3 is 2.83 bits per heavy atom. The Morgan fingerprint density at radius 2 is 2.13 bits per heavy atom. The molecule has 3 heterocycles. The van der Waals surface area contributed by atoms with Crippen LogP contribution in [-0.4, -0.2) is 52.2 Å². The lowest BCUT2D eigenvalue weighted by Crippen LogP contribution is -2.34. The van der Waals surface area contributed by atoms with Gasteiger partial charge in [-0.1, -0.05) is 19.3 Å². The van der Waals surface area contributed by atoms with E-state index in [0.29, 0.717) is 18.7 Å². The lowest BCUT2D eigenvalue weighted by atomic mass is 9.94. The van der Waals surface area contributed by atoms with Crippen molar-refractivity contribution in [3.05, 3.63) is 35.9 Å². The average Bonchev–Trinajstić information content (AvgIpc) is 3.30. The molecule has 0 aromatic carbocycles. The summed E-state index contributed by atoms with van der Waals surface area (Å²) < 4.78 is 16.7. The molecule has 2 aromatic rings. The summed E-state index contributed by atoms with van der Waals surface area (Å²) in [6, 6.07) is 3.26. The topological polar surface area (TPSA) is 102 Å². The molecule has 1 aliphatic heterocycles. The van der Waals surface area contributed by atoms with Crippen molar-refractivity contribution < 1.29 is 9.18 Å². The molecule has 8 nitrogen and oxygen atoms in total. The summed E-state index contributed by atoms with van der Waals surface area (Å²) in [5, 5.41) is 4.27. The normalized spacial score (nSPS) is 21.1. The number of halogens is 1. The van der Waals surface area contributed by atoms with E-state index in [2.05, 4.69) is 20.1 Å². The first kappa shape index (κ1) is 20.2. The van der Waals surface area contributed by atoms with Crippen molar-refractivity contribution >= 4 is 29.5 Å². The SMILES string of the molecule is CN(c1nc(N=C2C=NCC(n3cccn3)C2)c(C(N)=O)cc1F)C1CCCCC1. The Morgan fingerprint density at radius 1 is 1.33 bits per heavy atom. The molecule has 1 saturated carbocycles. The molecule has 1 atom stereocenters. The van der Waals surface area contributed by atoms with E-state index in [1.165, 1.54) is 6.42 Å². The van der Waals surface area contributed by atoms with Crippen LogP contribution in [-0.2, 0) is 0 Å². The smallest absolute Gasteiger partial charge is 0.252 e. The van der Waals surface area contributed by atoms with Crippen LogP contribution in [0.4, 0.5) is 16.0 Å². The fourth-order valence-corrected chi connectivity index (χ4v) is 4.15. The van der Waals surface area contributed by atoms with E-state index in [1.807, 2.05) is 28.9 Å². The van der Waals surface area contributed by atoms with Crippen molar-refractivity contribution in [1.82, 2.24) is 14.8 Å². The van der Waals surface area contributed by atoms with E-state index in [4.69, 9.17) is 5.73 Å². The number of carbonyl (C=O) groups is 1. The van der Waals surface area contributed by atoms with Gasteiger partial charge >= 0.3 is 0 Å². The average molecular weight is 411 g/mol. The number of amides is 1. The second kappa shape index (κ2) is 8.73. The number of pyridine rings is 1. The number of hydrogen-bond donors (Lipinski definition) is 1. The lowest BCUT2D eigenvalue weighted by Gasteiger charge is -2.32. The monoisotopic (exact) mass is 411 g/mol. The molecule has 0 radical (unpaired) electrons. The molecule has 9 heteroatoms. The largest absolute Gasteiger partial charge is 0.365 e. The molecule has 158 valence electrons. The zero-order valence-corrected chi connectivity index (χ0v) is 17.0. The minimum atomic E-state index is -0.760. The number of anilines is 1. The number of aromatic nitrogens is 3. The van der Waals surface area contributed by atoms with Crippen molar-refractivity contribution in [2.24, 2.45) is 15.7 Å². The molecule has 1 unspecified atom stereocenters. The maximum atomic E-state index is 14.8. The van der Waals surface area contributed by atoms with Gasteiger partial charge in [0, 0.05) is 38.1 Å². The van der Waals surface area contributed by atoms with Crippen molar-refractivity contribution in [1.29, 1.82) is 0 Å². The maximum Gasteiger partial charge on any atom is 0.252 e. The van der Waals surface area contributed by atoms with Crippen LogP contribution in [0.15, 0.2) is 34.5 Å². The van der Waals surface area contributed by atoms with Gasteiger partial charge in [-0.25, -0.2) is 14.4 Å². The number of nitrogens with zero attached hydrogens (tertiary/aromatic N) is 6. The third-order valence-corrected chi connectivity index (χ3v) is 5.81. The van der Waals surface area contributed by atoms with Crippen LogP contribution < -0.4 is 10.6 Å². The summed E-state index contributed by atoms with van der Waals surface area (Å²) >= 11 is 0. The van der Waals surface area contributed by atoms with E-state index in [0.717, 1.165) is 31.7 Å². The molecule has 2 aromatic heterocycles. The number of carbonyl (C=O) groups excluding carboxylic acids is 1. The van der Waals surface area contributed by atoms with E-state index >= 15 is 0 Å². The summed E-state index contributed by atoms with van der Waals surface area (Å²) in [6.45, 7) is 0.593.